The lowest BCUT2D eigenvalue weighted by Crippen LogP contribution is -2.03. The predicted molar refractivity (Wildman–Crippen MR) is 69.7 cm³/mol. The van der Waals surface area contributed by atoms with Crippen molar-refractivity contribution >= 4 is 33.1 Å². The van der Waals surface area contributed by atoms with E-state index in [1.165, 1.54) is 12.8 Å². The van der Waals surface area contributed by atoms with Crippen molar-refractivity contribution < 1.29 is 0 Å². The van der Waals surface area contributed by atoms with Crippen LogP contribution in [-0.4, -0.2) is 16.0 Å². The van der Waals surface area contributed by atoms with Gasteiger partial charge in [0.05, 0.1) is 14.4 Å². The minimum Gasteiger partial charge on any atom is -0.367 e. The van der Waals surface area contributed by atoms with Crippen molar-refractivity contribution in [3.8, 4) is 10.6 Å². The second kappa shape index (κ2) is 4.14. The maximum Gasteiger partial charge on any atom is 0.130 e. The Hall–Kier alpha value is -0.940. The van der Waals surface area contributed by atoms with Crippen LogP contribution in [0.25, 0.3) is 10.6 Å². The van der Waals surface area contributed by atoms with Crippen molar-refractivity contribution in [3.05, 3.63) is 28.3 Å². The zero-order chi connectivity index (χ0) is 11.0. The average molecular weight is 296 g/mol. The molecule has 1 fully saturated rings. The molecule has 1 aliphatic rings. The van der Waals surface area contributed by atoms with Crippen LogP contribution in [0.3, 0.4) is 0 Å². The molecule has 0 amide bonds. The minimum atomic E-state index is 0.623. The van der Waals surface area contributed by atoms with Gasteiger partial charge in [-0.2, -0.15) is 0 Å². The lowest BCUT2D eigenvalue weighted by atomic mass is 10.3. The average Bonchev–Trinajstić information content (AvgIpc) is 2.98. The number of nitrogens with zero attached hydrogens (tertiary/aromatic N) is 2. The van der Waals surface area contributed by atoms with Crippen molar-refractivity contribution in [2.75, 3.05) is 5.32 Å². The molecule has 82 valence electrons. The van der Waals surface area contributed by atoms with Crippen molar-refractivity contribution in [1.29, 1.82) is 0 Å². The van der Waals surface area contributed by atoms with Gasteiger partial charge < -0.3 is 5.32 Å². The quantitative estimate of drug-likeness (QED) is 0.941. The van der Waals surface area contributed by atoms with Gasteiger partial charge in [0.25, 0.3) is 0 Å². The van der Waals surface area contributed by atoms with E-state index in [-0.39, 0.29) is 0 Å². The van der Waals surface area contributed by atoms with E-state index in [0.29, 0.717) is 6.04 Å². The van der Waals surface area contributed by atoms with Gasteiger partial charge in [-0.25, -0.2) is 9.97 Å². The summed E-state index contributed by atoms with van der Waals surface area (Å²) < 4.78 is 1.12. The highest BCUT2D eigenvalue weighted by Gasteiger charge is 2.21. The lowest BCUT2D eigenvalue weighted by Gasteiger charge is -2.03. The van der Waals surface area contributed by atoms with Crippen LogP contribution < -0.4 is 5.32 Å². The summed E-state index contributed by atoms with van der Waals surface area (Å²) in [6.45, 7) is 0. The Kier molecular flexibility index (Phi) is 2.65. The molecule has 1 saturated carbocycles. The molecule has 0 radical (unpaired) electrons. The van der Waals surface area contributed by atoms with Crippen LogP contribution in [0.4, 0.5) is 5.82 Å². The van der Waals surface area contributed by atoms with E-state index in [2.05, 4.69) is 37.3 Å². The maximum atomic E-state index is 4.29. The molecule has 2 aromatic rings. The summed E-state index contributed by atoms with van der Waals surface area (Å²) in [5, 5.41) is 3.37. The molecule has 3 nitrogen and oxygen atoms in total. The second-order valence-corrected chi connectivity index (χ2v) is 6.27. The first-order chi connectivity index (χ1) is 7.81. The topological polar surface area (TPSA) is 37.8 Å². The molecule has 0 spiro atoms. The van der Waals surface area contributed by atoms with Gasteiger partial charge in [-0.1, -0.05) is 0 Å². The summed E-state index contributed by atoms with van der Waals surface area (Å²) in [5.41, 5.74) is 0.980. The summed E-state index contributed by atoms with van der Waals surface area (Å²) in [7, 11) is 0. The van der Waals surface area contributed by atoms with E-state index in [1.807, 2.05) is 12.1 Å². The fourth-order valence-electron chi connectivity index (χ4n) is 1.46. The Balaban J connectivity index is 1.88. The van der Waals surface area contributed by atoms with Crippen LogP contribution in [0, 0.1) is 0 Å². The summed E-state index contributed by atoms with van der Waals surface area (Å²) >= 11 is 5.14. The van der Waals surface area contributed by atoms with Crippen molar-refractivity contribution in [1.82, 2.24) is 9.97 Å². The molecule has 0 aromatic carbocycles. The highest BCUT2D eigenvalue weighted by molar-refractivity contribution is 9.11. The highest BCUT2D eigenvalue weighted by atomic mass is 79.9. The Labute approximate surface area is 106 Å². The van der Waals surface area contributed by atoms with E-state index in [0.717, 1.165) is 20.2 Å². The number of nitrogens with one attached hydrogen (secondary N) is 1. The number of hydrogen-bond donors (Lipinski definition) is 1. The van der Waals surface area contributed by atoms with Gasteiger partial charge >= 0.3 is 0 Å². The number of anilines is 1. The lowest BCUT2D eigenvalue weighted by molar-refractivity contribution is 1.08. The SMILES string of the molecule is Brc1ccc(-c2cc(NC3CC3)ncn2)s1. The molecule has 16 heavy (non-hydrogen) atoms. The normalized spacial score (nSPS) is 15.1. The van der Waals surface area contributed by atoms with E-state index in [4.69, 9.17) is 0 Å². The first-order valence-electron chi connectivity index (χ1n) is 5.15. The minimum absolute atomic E-state index is 0.623. The van der Waals surface area contributed by atoms with Crippen LogP contribution in [0.5, 0.6) is 0 Å². The molecule has 0 bridgehead atoms. The fourth-order valence-corrected chi connectivity index (χ4v) is 2.81. The largest absolute Gasteiger partial charge is 0.367 e. The smallest absolute Gasteiger partial charge is 0.130 e. The van der Waals surface area contributed by atoms with Gasteiger partial charge in [0.1, 0.15) is 12.1 Å². The molecule has 2 heterocycles. The summed E-state index contributed by atoms with van der Waals surface area (Å²) in [4.78, 5) is 9.67. The number of thiophene rings is 1. The second-order valence-electron chi connectivity index (χ2n) is 3.81. The fraction of sp³-hybridized carbons (Fsp3) is 0.273. The van der Waals surface area contributed by atoms with Crippen LogP contribution in [0.1, 0.15) is 12.8 Å². The third-order valence-corrected chi connectivity index (χ3v) is 4.07. The summed E-state index contributed by atoms with van der Waals surface area (Å²) in [6.07, 6.45) is 4.13. The number of hydrogen-bond acceptors (Lipinski definition) is 4. The van der Waals surface area contributed by atoms with Crippen molar-refractivity contribution in [2.45, 2.75) is 18.9 Å². The summed E-state index contributed by atoms with van der Waals surface area (Å²) in [5.74, 6) is 0.928. The standard InChI is InChI=1S/C11H10BrN3S/c12-10-4-3-9(16-10)8-5-11(14-6-13-8)15-7-1-2-7/h3-7H,1-2H2,(H,13,14,15). The Morgan fingerprint density at radius 3 is 2.88 bits per heavy atom. The van der Waals surface area contributed by atoms with Crippen molar-refractivity contribution in [2.24, 2.45) is 0 Å². The molecular formula is C11H10BrN3S. The number of rotatable bonds is 3. The Morgan fingerprint density at radius 1 is 1.31 bits per heavy atom. The van der Waals surface area contributed by atoms with E-state index < -0.39 is 0 Å². The van der Waals surface area contributed by atoms with E-state index >= 15 is 0 Å². The van der Waals surface area contributed by atoms with Gasteiger partial charge in [-0.3, -0.25) is 0 Å². The first-order valence-corrected chi connectivity index (χ1v) is 6.76. The third kappa shape index (κ3) is 2.25. The molecule has 0 saturated heterocycles. The molecule has 0 unspecified atom stereocenters. The van der Waals surface area contributed by atoms with Crippen molar-refractivity contribution in [3.63, 3.8) is 0 Å². The van der Waals surface area contributed by atoms with Crippen LogP contribution in [0.15, 0.2) is 28.3 Å². The van der Waals surface area contributed by atoms with Crippen LogP contribution >= 0.6 is 27.3 Å². The Bertz CT molecular complexity index is 507. The maximum absolute atomic E-state index is 4.29. The van der Waals surface area contributed by atoms with Crippen LogP contribution in [-0.2, 0) is 0 Å². The molecule has 1 aliphatic carbocycles. The van der Waals surface area contributed by atoms with Gasteiger partial charge in [-0.15, -0.1) is 11.3 Å². The third-order valence-electron chi connectivity index (χ3n) is 2.42. The predicted octanol–water partition coefficient (Wildman–Crippen LogP) is 3.54. The van der Waals surface area contributed by atoms with E-state index in [1.54, 1.807) is 17.7 Å². The number of aromatic nitrogens is 2. The molecule has 2 aromatic heterocycles. The van der Waals surface area contributed by atoms with E-state index in [9.17, 15) is 0 Å². The van der Waals surface area contributed by atoms with Gasteiger partial charge in [-0.05, 0) is 40.9 Å². The molecule has 3 rings (SSSR count). The highest BCUT2D eigenvalue weighted by Crippen LogP contribution is 2.31. The van der Waals surface area contributed by atoms with Gasteiger partial charge in [0.15, 0.2) is 0 Å². The zero-order valence-corrected chi connectivity index (χ0v) is 10.9. The molecule has 0 atom stereocenters. The molecule has 5 heteroatoms. The van der Waals surface area contributed by atoms with Gasteiger partial charge in [0, 0.05) is 12.1 Å². The first kappa shape index (κ1) is 10.2. The molecule has 0 aliphatic heterocycles. The van der Waals surface area contributed by atoms with Gasteiger partial charge in [0.2, 0.25) is 0 Å². The number of halogens is 1. The molecule has 1 N–H and O–H groups in total. The Morgan fingerprint density at radius 2 is 2.19 bits per heavy atom. The molecular weight excluding hydrogens is 286 g/mol. The zero-order valence-electron chi connectivity index (χ0n) is 8.48. The van der Waals surface area contributed by atoms with Crippen LogP contribution in [0.2, 0.25) is 0 Å². The monoisotopic (exact) mass is 295 g/mol. The summed E-state index contributed by atoms with van der Waals surface area (Å²) in [6, 6.07) is 6.74.